The van der Waals surface area contributed by atoms with Gasteiger partial charge in [-0.2, -0.15) is 5.10 Å². The summed E-state index contributed by atoms with van der Waals surface area (Å²) < 4.78 is 0. The first-order valence-corrected chi connectivity index (χ1v) is 9.18. The maximum absolute atomic E-state index is 12.7. The number of nitrogens with zero attached hydrogens (tertiary/aromatic N) is 3. The van der Waals surface area contributed by atoms with Gasteiger partial charge in [-0.1, -0.05) is 91.0 Å². The fourth-order valence-corrected chi connectivity index (χ4v) is 2.82. The van der Waals surface area contributed by atoms with E-state index in [1.807, 2.05) is 97.1 Å². The Hall–Kier alpha value is -4.12. The van der Waals surface area contributed by atoms with Crippen molar-refractivity contribution in [2.75, 3.05) is 0 Å². The van der Waals surface area contributed by atoms with Gasteiger partial charge in [0.05, 0.1) is 17.6 Å². The second-order valence-electron chi connectivity index (χ2n) is 6.30. The quantitative estimate of drug-likeness (QED) is 0.408. The predicted octanol–water partition coefficient (Wildman–Crippen LogP) is 4.57. The molecule has 0 fully saturated rings. The lowest BCUT2D eigenvalue weighted by Gasteiger charge is -2.08. The number of hydrogen-bond acceptors (Lipinski definition) is 4. The van der Waals surface area contributed by atoms with E-state index in [1.54, 1.807) is 6.21 Å². The van der Waals surface area contributed by atoms with Crippen molar-refractivity contribution in [3.8, 4) is 22.5 Å². The number of hydrazone groups is 1. The molecule has 4 aromatic rings. The normalized spacial score (nSPS) is 10.8. The smallest absolute Gasteiger partial charge is 0.264 e. The Morgan fingerprint density at radius 2 is 1.21 bits per heavy atom. The Kier molecular flexibility index (Phi) is 5.48. The van der Waals surface area contributed by atoms with E-state index in [-0.39, 0.29) is 5.82 Å². The number of amides is 1. The van der Waals surface area contributed by atoms with Gasteiger partial charge in [-0.15, -0.1) is 0 Å². The van der Waals surface area contributed by atoms with Crippen molar-refractivity contribution in [1.29, 1.82) is 0 Å². The Balaban J connectivity index is 1.66. The average Bonchev–Trinajstić information content (AvgIpc) is 2.80. The third-order valence-corrected chi connectivity index (χ3v) is 4.25. The van der Waals surface area contributed by atoms with Gasteiger partial charge in [0.2, 0.25) is 5.82 Å². The average molecular weight is 378 g/mol. The number of carbonyl (C=O) groups excluding carboxylic acids is 1. The molecule has 0 bridgehead atoms. The van der Waals surface area contributed by atoms with Gasteiger partial charge in [0.15, 0.2) is 0 Å². The molecule has 0 spiro atoms. The first-order valence-electron chi connectivity index (χ1n) is 9.18. The van der Waals surface area contributed by atoms with Gasteiger partial charge in [0.1, 0.15) is 0 Å². The zero-order valence-electron chi connectivity index (χ0n) is 15.6. The van der Waals surface area contributed by atoms with Gasteiger partial charge in [-0.3, -0.25) is 4.79 Å². The molecule has 5 nitrogen and oxygen atoms in total. The zero-order valence-corrected chi connectivity index (χ0v) is 15.6. The summed E-state index contributed by atoms with van der Waals surface area (Å²) in [6.45, 7) is 0. The van der Waals surface area contributed by atoms with Crippen molar-refractivity contribution < 1.29 is 4.79 Å². The van der Waals surface area contributed by atoms with E-state index in [1.165, 1.54) is 0 Å². The summed E-state index contributed by atoms with van der Waals surface area (Å²) in [4.78, 5) is 21.6. The lowest BCUT2D eigenvalue weighted by Crippen LogP contribution is -2.21. The molecule has 0 atom stereocenters. The molecule has 1 heterocycles. The van der Waals surface area contributed by atoms with Crippen LogP contribution in [0.5, 0.6) is 0 Å². The van der Waals surface area contributed by atoms with Crippen LogP contribution >= 0.6 is 0 Å². The summed E-state index contributed by atoms with van der Waals surface area (Å²) in [5.74, 6) is -0.400. The van der Waals surface area contributed by atoms with Crippen LogP contribution in [0, 0.1) is 0 Å². The summed E-state index contributed by atoms with van der Waals surface area (Å²) in [7, 11) is 0. The first-order chi connectivity index (χ1) is 14.3. The van der Waals surface area contributed by atoms with Crippen LogP contribution in [0.2, 0.25) is 0 Å². The van der Waals surface area contributed by atoms with Gasteiger partial charge >= 0.3 is 5.91 Å². The molecule has 1 amide bonds. The zero-order chi connectivity index (χ0) is 19.9. The molecule has 0 aliphatic rings. The number of hydrogen-bond donors (Lipinski definition) is 1. The van der Waals surface area contributed by atoms with Crippen molar-refractivity contribution in [1.82, 2.24) is 15.4 Å². The molecule has 0 saturated carbocycles. The molecule has 0 radical (unpaired) electrons. The fourth-order valence-electron chi connectivity index (χ4n) is 2.82. The van der Waals surface area contributed by atoms with Gasteiger partial charge in [0, 0.05) is 11.1 Å². The molecular formula is C24H18N4O. The number of carbonyl (C=O) groups is 1. The molecule has 0 unspecified atom stereocenters. The number of nitrogens with one attached hydrogen (secondary N) is 1. The van der Waals surface area contributed by atoms with Crippen LogP contribution in [0.4, 0.5) is 0 Å². The third kappa shape index (κ3) is 4.59. The van der Waals surface area contributed by atoms with Crippen LogP contribution in [0.3, 0.4) is 0 Å². The van der Waals surface area contributed by atoms with Crippen LogP contribution in [-0.4, -0.2) is 22.1 Å². The number of rotatable bonds is 5. The highest BCUT2D eigenvalue weighted by molar-refractivity contribution is 5.92. The van der Waals surface area contributed by atoms with Gasteiger partial charge in [0.25, 0.3) is 0 Å². The molecule has 1 N–H and O–H groups in total. The lowest BCUT2D eigenvalue weighted by atomic mass is 10.1. The Morgan fingerprint density at radius 3 is 1.72 bits per heavy atom. The van der Waals surface area contributed by atoms with E-state index < -0.39 is 5.91 Å². The fraction of sp³-hybridized carbons (Fsp3) is 0. The minimum Gasteiger partial charge on any atom is -0.264 e. The van der Waals surface area contributed by atoms with Crippen molar-refractivity contribution in [2.45, 2.75) is 0 Å². The predicted molar refractivity (Wildman–Crippen MR) is 114 cm³/mol. The minimum atomic E-state index is -0.466. The number of benzene rings is 3. The molecule has 0 aliphatic heterocycles. The maximum atomic E-state index is 12.7. The van der Waals surface area contributed by atoms with Crippen molar-refractivity contribution in [2.24, 2.45) is 5.10 Å². The van der Waals surface area contributed by atoms with Crippen LogP contribution in [0.15, 0.2) is 102 Å². The van der Waals surface area contributed by atoms with E-state index in [9.17, 15) is 4.79 Å². The molecule has 0 saturated heterocycles. The molecule has 4 rings (SSSR count). The SMILES string of the molecule is O=C(NN=Cc1ccccc1)c1nc(-c2ccccc2)cc(-c2ccccc2)n1. The van der Waals surface area contributed by atoms with Gasteiger partial charge < -0.3 is 0 Å². The van der Waals surface area contributed by atoms with Crippen LogP contribution < -0.4 is 5.43 Å². The highest BCUT2D eigenvalue weighted by Crippen LogP contribution is 2.23. The van der Waals surface area contributed by atoms with E-state index in [0.29, 0.717) is 11.4 Å². The highest BCUT2D eigenvalue weighted by Gasteiger charge is 2.14. The van der Waals surface area contributed by atoms with E-state index in [4.69, 9.17) is 0 Å². The van der Waals surface area contributed by atoms with Crippen LogP contribution in [-0.2, 0) is 0 Å². The summed E-state index contributed by atoms with van der Waals surface area (Å²) in [5.41, 5.74) is 6.57. The Bertz CT molecular complexity index is 1070. The molecule has 5 heteroatoms. The topological polar surface area (TPSA) is 67.2 Å². The Labute approximate surface area is 168 Å². The van der Waals surface area contributed by atoms with Crippen molar-refractivity contribution >= 4 is 12.1 Å². The minimum absolute atomic E-state index is 0.0652. The molecule has 0 aliphatic carbocycles. The maximum Gasteiger partial charge on any atom is 0.309 e. The summed E-state index contributed by atoms with van der Waals surface area (Å²) in [6.07, 6.45) is 1.58. The van der Waals surface area contributed by atoms with Crippen molar-refractivity contribution in [3.05, 3.63) is 108 Å². The van der Waals surface area contributed by atoms with E-state index >= 15 is 0 Å². The van der Waals surface area contributed by atoms with Crippen LogP contribution in [0.25, 0.3) is 22.5 Å². The lowest BCUT2D eigenvalue weighted by molar-refractivity contribution is 0.0945. The summed E-state index contributed by atoms with van der Waals surface area (Å²) in [6, 6.07) is 30.8. The third-order valence-electron chi connectivity index (χ3n) is 4.25. The standard InChI is InChI=1S/C24H18N4O/c29-24(28-25-17-18-10-4-1-5-11-18)23-26-21(19-12-6-2-7-13-19)16-22(27-23)20-14-8-3-9-15-20/h1-17H,(H,28,29). The van der Waals surface area contributed by atoms with E-state index in [0.717, 1.165) is 16.7 Å². The number of aromatic nitrogens is 2. The largest absolute Gasteiger partial charge is 0.309 e. The van der Waals surface area contributed by atoms with E-state index in [2.05, 4.69) is 20.5 Å². The summed E-state index contributed by atoms with van der Waals surface area (Å²) in [5, 5.41) is 4.02. The second kappa shape index (κ2) is 8.71. The molecule has 140 valence electrons. The highest BCUT2D eigenvalue weighted by atomic mass is 16.2. The van der Waals surface area contributed by atoms with Gasteiger partial charge in [-0.25, -0.2) is 15.4 Å². The molecule has 29 heavy (non-hydrogen) atoms. The monoisotopic (exact) mass is 378 g/mol. The van der Waals surface area contributed by atoms with Gasteiger partial charge in [-0.05, 0) is 11.6 Å². The first kappa shape index (κ1) is 18.3. The summed E-state index contributed by atoms with van der Waals surface area (Å²) >= 11 is 0. The molecule has 1 aromatic heterocycles. The second-order valence-corrected chi connectivity index (χ2v) is 6.30. The van der Waals surface area contributed by atoms with Crippen LogP contribution in [0.1, 0.15) is 16.2 Å². The molecular weight excluding hydrogens is 360 g/mol. The molecule has 3 aromatic carbocycles. The van der Waals surface area contributed by atoms with Crippen molar-refractivity contribution in [3.63, 3.8) is 0 Å². The Morgan fingerprint density at radius 1 is 0.724 bits per heavy atom.